The molecule has 3 nitrogen and oxygen atoms in total. The third kappa shape index (κ3) is 5.19. The largest absolute Gasteiger partial charge is 0.352 e. The lowest BCUT2D eigenvalue weighted by atomic mass is 9.91. The number of carbonyl (C=O) groups excluding carboxylic acids is 1. The van der Waals surface area contributed by atoms with Gasteiger partial charge in [-0.1, -0.05) is 46.2 Å². The van der Waals surface area contributed by atoms with Gasteiger partial charge in [0.05, 0.1) is 0 Å². The fourth-order valence-electron chi connectivity index (χ4n) is 1.59. The Morgan fingerprint density at radius 2 is 2.00 bits per heavy atom. The Bertz CT molecular complexity index is 450. The minimum atomic E-state index is -0.127. The SMILES string of the molecule is CC(C)CCNC(=O)c1cc(Cl)nc(C(C)(C)C)c1. The summed E-state index contributed by atoms with van der Waals surface area (Å²) in [5.74, 6) is 0.488. The van der Waals surface area contributed by atoms with Gasteiger partial charge in [-0.05, 0) is 24.5 Å². The van der Waals surface area contributed by atoms with Crippen molar-refractivity contribution in [3.8, 4) is 0 Å². The van der Waals surface area contributed by atoms with Gasteiger partial charge in [-0.25, -0.2) is 4.98 Å². The minimum absolute atomic E-state index is 0.0875. The third-order valence-corrected chi connectivity index (χ3v) is 3.03. The molecule has 0 aliphatic rings. The van der Waals surface area contributed by atoms with E-state index in [1.165, 1.54) is 0 Å². The molecule has 19 heavy (non-hydrogen) atoms. The highest BCUT2D eigenvalue weighted by Gasteiger charge is 2.18. The molecule has 4 heteroatoms. The molecule has 0 radical (unpaired) electrons. The second-order valence-electron chi connectivity index (χ2n) is 6.25. The Hall–Kier alpha value is -1.09. The predicted molar refractivity (Wildman–Crippen MR) is 79.7 cm³/mol. The van der Waals surface area contributed by atoms with Gasteiger partial charge >= 0.3 is 0 Å². The van der Waals surface area contributed by atoms with E-state index in [9.17, 15) is 4.79 Å². The average molecular weight is 283 g/mol. The Kier molecular flexibility index (Phi) is 5.36. The fourth-order valence-corrected chi connectivity index (χ4v) is 1.80. The number of rotatable bonds is 4. The lowest BCUT2D eigenvalue weighted by Crippen LogP contribution is -2.26. The molecular formula is C15H23ClN2O. The van der Waals surface area contributed by atoms with Crippen molar-refractivity contribution in [1.29, 1.82) is 0 Å². The molecule has 0 aromatic carbocycles. The molecule has 1 rings (SSSR count). The standard InChI is InChI=1S/C15H23ClN2O/c1-10(2)6-7-17-14(19)11-8-12(15(3,4)5)18-13(16)9-11/h8-10H,6-7H2,1-5H3,(H,17,19). The van der Waals surface area contributed by atoms with Gasteiger partial charge < -0.3 is 5.32 Å². The maximum absolute atomic E-state index is 12.1. The molecule has 0 aliphatic heterocycles. The molecule has 0 atom stereocenters. The number of hydrogen-bond donors (Lipinski definition) is 1. The highest BCUT2D eigenvalue weighted by molar-refractivity contribution is 6.29. The van der Waals surface area contributed by atoms with Crippen molar-refractivity contribution < 1.29 is 4.79 Å². The summed E-state index contributed by atoms with van der Waals surface area (Å²) in [7, 11) is 0. The van der Waals surface area contributed by atoms with E-state index in [1.54, 1.807) is 6.07 Å². The minimum Gasteiger partial charge on any atom is -0.352 e. The molecule has 1 heterocycles. The first-order chi connectivity index (χ1) is 8.70. The highest BCUT2D eigenvalue weighted by Crippen LogP contribution is 2.23. The van der Waals surface area contributed by atoms with Crippen LogP contribution in [-0.2, 0) is 5.41 Å². The van der Waals surface area contributed by atoms with Crippen molar-refractivity contribution in [2.24, 2.45) is 5.92 Å². The number of hydrogen-bond acceptors (Lipinski definition) is 2. The zero-order valence-electron chi connectivity index (χ0n) is 12.4. The summed E-state index contributed by atoms with van der Waals surface area (Å²) < 4.78 is 0. The number of nitrogens with zero attached hydrogens (tertiary/aromatic N) is 1. The fraction of sp³-hybridized carbons (Fsp3) is 0.600. The van der Waals surface area contributed by atoms with Gasteiger partial charge in [0.1, 0.15) is 5.15 Å². The molecule has 106 valence electrons. The van der Waals surface area contributed by atoms with Crippen molar-refractivity contribution in [1.82, 2.24) is 10.3 Å². The van der Waals surface area contributed by atoms with Crippen molar-refractivity contribution >= 4 is 17.5 Å². The zero-order chi connectivity index (χ0) is 14.6. The van der Waals surface area contributed by atoms with Crippen molar-refractivity contribution in [2.45, 2.75) is 46.5 Å². The molecule has 0 spiro atoms. The topological polar surface area (TPSA) is 42.0 Å². The summed E-state index contributed by atoms with van der Waals surface area (Å²) in [6, 6.07) is 3.43. The maximum Gasteiger partial charge on any atom is 0.251 e. The van der Waals surface area contributed by atoms with Crippen LogP contribution in [0.1, 0.15) is 57.1 Å². The molecule has 0 saturated carbocycles. The Labute approximate surface area is 120 Å². The van der Waals surface area contributed by atoms with Crippen LogP contribution < -0.4 is 5.32 Å². The monoisotopic (exact) mass is 282 g/mol. The van der Waals surface area contributed by atoms with Crippen LogP contribution >= 0.6 is 11.6 Å². The van der Waals surface area contributed by atoms with E-state index in [4.69, 9.17) is 11.6 Å². The summed E-state index contributed by atoms with van der Waals surface area (Å²) in [6.07, 6.45) is 0.969. The van der Waals surface area contributed by atoms with E-state index >= 15 is 0 Å². The van der Waals surface area contributed by atoms with Gasteiger partial charge in [-0.2, -0.15) is 0 Å². The van der Waals surface area contributed by atoms with E-state index in [0.717, 1.165) is 12.1 Å². The van der Waals surface area contributed by atoms with Crippen LogP contribution in [0.15, 0.2) is 12.1 Å². The first kappa shape index (κ1) is 16.0. The average Bonchev–Trinajstić information content (AvgIpc) is 2.26. The smallest absolute Gasteiger partial charge is 0.251 e. The number of nitrogens with one attached hydrogen (secondary N) is 1. The van der Waals surface area contributed by atoms with Crippen LogP contribution in [0.5, 0.6) is 0 Å². The van der Waals surface area contributed by atoms with E-state index in [2.05, 4.69) is 24.1 Å². The maximum atomic E-state index is 12.1. The first-order valence-corrected chi connectivity index (χ1v) is 7.04. The number of carbonyl (C=O) groups is 1. The molecule has 0 fully saturated rings. The van der Waals surface area contributed by atoms with E-state index < -0.39 is 0 Å². The van der Waals surface area contributed by atoms with Gasteiger partial charge in [0.15, 0.2) is 0 Å². The number of pyridine rings is 1. The number of aromatic nitrogens is 1. The molecule has 0 aliphatic carbocycles. The lowest BCUT2D eigenvalue weighted by molar-refractivity contribution is 0.0951. The molecule has 1 amide bonds. The summed E-state index contributed by atoms with van der Waals surface area (Å²) >= 11 is 5.99. The second-order valence-corrected chi connectivity index (χ2v) is 6.64. The Morgan fingerprint density at radius 3 is 2.53 bits per heavy atom. The number of halogens is 1. The second kappa shape index (κ2) is 6.38. The molecule has 1 aromatic rings. The van der Waals surface area contributed by atoms with Gasteiger partial charge in [0.2, 0.25) is 0 Å². The van der Waals surface area contributed by atoms with Crippen LogP contribution in [0.3, 0.4) is 0 Å². The van der Waals surface area contributed by atoms with Crippen molar-refractivity contribution in [3.63, 3.8) is 0 Å². The van der Waals surface area contributed by atoms with Crippen molar-refractivity contribution in [3.05, 3.63) is 28.5 Å². The first-order valence-electron chi connectivity index (χ1n) is 6.66. The van der Waals surface area contributed by atoms with Crippen LogP contribution in [-0.4, -0.2) is 17.4 Å². The lowest BCUT2D eigenvalue weighted by Gasteiger charge is -2.18. The van der Waals surface area contributed by atoms with Crippen LogP contribution in [0.25, 0.3) is 0 Å². The Balaban J connectivity index is 2.83. The summed E-state index contributed by atoms with van der Waals surface area (Å²) in [5.41, 5.74) is 1.28. The van der Waals surface area contributed by atoms with Gasteiger partial charge in [-0.3, -0.25) is 4.79 Å². The summed E-state index contributed by atoms with van der Waals surface area (Å²) in [5, 5.41) is 3.27. The molecule has 0 saturated heterocycles. The molecule has 0 unspecified atom stereocenters. The van der Waals surface area contributed by atoms with E-state index in [1.807, 2.05) is 26.8 Å². The van der Waals surface area contributed by atoms with Gasteiger partial charge in [-0.15, -0.1) is 0 Å². The van der Waals surface area contributed by atoms with Crippen LogP contribution in [0.4, 0.5) is 0 Å². The van der Waals surface area contributed by atoms with Gasteiger partial charge in [0, 0.05) is 23.2 Å². The Morgan fingerprint density at radius 1 is 1.37 bits per heavy atom. The van der Waals surface area contributed by atoms with Crippen LogP contribution in [0, 0.1) is 5.92 Å². The molecule has 1 aromatic heterocycles. The van der Waals surface area contributed by atoms with Crippen molar-refractivity contribution in [2.75, 3.05) is 6.54 Å². The predicted octanol–water partition coefficient (Wildman–Crippen LogP) is 3.81. The third-order valence-electron chi connectivity index (χ3n) is 2.83. The van der Waals surface area contributed by atoms with E-state index in [-0.39, 0.29) is 11.3 Å². The normalized spacial score (nSPS) is 11.7. The summed E-state index contributed by atoms with van der Waals surface area (Å²) in [4.78, 5) is 16.3. The molecular weight excluding hydrogens is 260 g/mol. The quantitative estimate of drug-likeness (QED) is 0.853. The molecule has 1 N–H and O–H groups in total. The zero-order valence-corrected chi connectivity index (χ0v) is 13.1. The van der Waals surface area contributed by atoms with Gasteiger partial charge in [0.25, 0.3) is 5.91 Å². The van der Waals surface area contributed by atoms with E-state index in [0.29, 0.717) is 23.2 Å². The highest BCUT2D eigenvalue weighted by atomic mass is 35.5. The molecule has 0 bridgehead atoms. The van der Waals surface area contributed by atoms with Crippen LogP contribution in [0.2, 0.25) is 5.15 Å². The number of amides is 1. The summed E-state index contributed by atoms with van der Waals surface area (Å²) in [6.45, 7) is 11.1.